The zero-order chi connectivity index (χ0) is 41.0. The Morgan fingerprint density at radius 2 is 0.903 bits per heavy atom. The van der Waals surface area contributed by atoms with Crippen LogP contribution in [0.3, 0.4) is 0 Å². The van der Waals surface area contributed by atoms with Crippen molar-refractivity contribution in [1.82, 2.24) is 24.9 Å². The Kier molecular flexibility index (Phi) is 8.57. The highest BCUT2D eigenvalue weighted by Crippen LogP contribution is 2.44. The van der Waals surface area contributed by atoms with Crippen LogP contribution in [0.2, 0.25) is 0 Å². The van der Waals surface area contributed by atoms with Gasteiger partial charge in [0.1, 0.15) is 16.8 Å². The zero-order valence-corrected chi connectivity index (χ0v) is 33.9. The number of furan rings is 1. The monoisotopic (exact) mass is 811 g/mol. The molecule has 12 rings (SSSR count). The van der Waals surface area contributed by atoms with E-state index in [2.05, 4.69) is 115 Å². The van der Waals surface area contributed by atoms with Crippen LogP contribution in [0, 0.1) is 0 Å². The Bertz CT molecular complexity index is 3560. The van der Waals surface area contributed by atoms with Gasteiger partial charge in [0.15, 0.2) is 28.9 Å². The predicted molar refractivity (Wildman–Crippen MR) is 254 cm³/mol. The van der Waals surface area contributed by atoms with Gasteiger partial charge in [-0.1, -0.05) is 176 Å². The molecule has 0 spiro atoms. The molecule has 12 aromatic rings. The molecule has 0 radical (unpaired) electrons. The number of benzene rings is 8. The quantitative estimate of drug-likeness (QED) is 0.160. The molecule has 0 bridgehead atoms. The van der Waals surface area contributed by atoms with Gasteiger partial charge in [-0.3, -0.25) is 0 Å². The fraction of sp³-hybridized carbons (Fsp3) is 0. The molecule has 0 unspecified atom stereocenters. The van der Waals surface area contributed by atoms with E-state index in [1.807, 2.05) is 84.9 Å². The van der Waals surface area contributed by atoms with Crippen LogP contribution in [-0.2, 0) is 0 Å². The van der Waals surface area contributed by atoms with Crippen molar-refractivity contribution in [3.8, 4) is 79.1 Å². The first kappa shape index (κ1) is 35.8. The van der Waals surface area contributed by atoms with Crippen LogP contribution in [-0.4, -0.2) is 24.9 Å². The number of para-hydroxylation sites is 1. The van der Waals surface area contributed by atoms with Crippen molar-refractivity contribution < 1.29 is 4.42 Å². The standard InChI is InChI=1S/C55H33N5OS/c1-4-15-34(16-5-1)39-21-12-22-40(33-39)54-56-48(50-49(57-54)42-23-10-11-27-45(42)61-50)36-31-29-35(30-32-36)41-24-13-25-43-47-44(26-14-28-46(47)62-51(41)43)55-59-52(37-17-6-2-7-18-37)58-53(60-55)38-19-8-3-9-20-38/h1-33H. The van der Waals surface area contributed by atoms with E-state index in [9.17, 15) is 0 Å². The van der Waals surface area contributed by atoms with Gasteiger partial charge >= 0.3 is 0 Å². The lowest BCUT2D eigenvalue weighted by atomic mass is 9.99. The first-order valence-corrected chi connectivity index (χ1v) is 21.3. The Morgan fingerprint density at radius 3 is 1.65 bits per heavy atom. The van der Waals surface area contributed by atoms with E-state index in [0.717, 1.165) is 83.0 Å². The van der Waals surface area contributed by atoms with Crippen molar-refractivity contribution in [3.63, 3.8) is 0 Å². The topological polar surface area (TPSA) is 77.6 Å². The highest BCUT2D eigenvalue weighted by atomic mass is 32.1. The highest BCUT2D eigenvalue weighted by molar-refractivity contribution is 7.26. The van der Waals surface area contributed by atoms with Crippen molar-refractivity contribution in [3.05, 3.63) is 200 Å². The molecule has 0 aliphatic heterocycles. The first-order chi connectivity index (χ1) is 30.7. The second-order valence-electron chi connectivity index (χ2n) is 15.2. The molecular formula is C55H33N5OS. The lowest BCUT2D eigenvalue weighted by Crippen LogP contribution is -2.00. The van der Waals surface area contributed by atoms with Crippen molar-refractivity contribution in [2.75, 3.05) is 0 Å². The van der Waals surface area contributed by atoms with Crippen LogP contribution in [0.1, 0.15) is 0 Å². The molecule has 6 nitrogen and oxygen atoms in total. The highest BCUT2D eigenvalue weighted by Gasteiger charge is 2.21. The third-order valence-corrected chi connectivity index (χ3v) is 12.6. The SMILES string of the molecule is c1ccc(-c2cccc(-c3nc(-c4ccc(-c5cccc6c5sc5cccc(-c7nc(-c8ccccc8)nc(-c8ccccc8)n7)c56)cc4)c4oc5ccccc5c4n3)c2)cc1. The lowest BCUT2D eigenvalue weighted by molar-refractivity contribution is 0.667. The fourth-order valence-corrected chi connectivity index (χ4v) is 9.65. The Labute approximate surface area is 360 Å². The van der Waals surface area contributed by atoms with Crippen molar-refractivity contribution in [2.45, 2.75) is 0 Å². The predicted octanol–water partition coefficient (Wildman–Crippen LogP) is 14.6. The number of hydrogen-bond donors (Lipinski definition) is 0. The van der Waals surface area contributed by atoms with E-state index in [1.54, 1.807) is 11.3 Å². The van der Waals surface area contributed by atoms with E-state index in [4.69, 9.17) is 29.3 Å². The van der Waals surface area contributed by atoms with Gasteiger partial charge in [-0.05, 0) is 46.5 Å². The summed E-state index contributed by atoms with van der Waals surface area (Å²) in [5.74, 6) is 2.58. The van der Waals surface area contributed by atoms with Gasteiger partial charge in [-0.15, -0.1) is 11.3 Å². The molecule has 0 aliphatic rings. The molecule has 0 fully saturated rings. The van der Waals surface area contributed by atoms with Crippen molar-refractivity contribution >= 4 is 53.6 Å². The van der Waals surface area contributed by atoms with Gasteiger partial charge in [-0.25, -0.2) is 24.9 Å². The molecule has 0 saturated carbocycles. The second kappa shape index (κ2) is 14.9. The van der Waals surface area contributed by atoms with E-state index >= 15 is 0 Å². The first-order valence-electron chi connectivity index (χ1n) is 20.5. The largest absolute Gasteiger partial charge is 0.452 e. The number of aromatic nitrogens is 5. The number of fused-ring (bicyclic) bond motifs is 6. The van der Waals surface area contributed by atoms with Crippen LogP contribution in [0.15, 0.2) is 205 Å². The Hall–Kier alpha value is -8.13. The second-order valence-corrected chi connectivity index (χ2v) is 16.2. The van der Waals surface area contributed by atoms with E-state index in [-0.39, 0.29) is 0 Å². The fourth-order valence-electron chi connectivity index (χ4n) is 8.38. The lowest BCUT2D eigenvalue weighted by Gasteiger charge is -2.10. The van der Waals surface area contributed by atoms with Gasteiger partial charge in [-0.2, -0.15) is 0 Å². The van der Waals surface area contributed by atoms with Gasteiger partial charge in [0.25, 0.3) is 0 Å². The third-order valence-electron chi connectivity index (χ3n) is 11.4. The molecule has 0 N–H and O–H groups in total. The van der Waals surface area contributed by atoms with Crippen molar-refractivity contribution in [2.24, 2.45) is 0 Å². The summed E-state index contributed by atoms with van der Waals surface area (Å²) in [5.41, 5.74) is 12.3. The van der Waals surface area contributed by atoms with Gasteiger partial charge in [0.2, 0.25) is 0 Å². The maximum absolute atomic E-state index is 6.50. The number of rotatable bonds is 7. The van der Waals surface area contributed by atoms with Crippen molar-refractivity contribution in [1.29, 1.82) is 0 Å². The average molecular weight is 812 g/mol. The van der Waals surface area contributed by atoms with Gasteiger partial charge in [0, 0.05) is 53.4 Å². The van der Waals surface area contributed by atoms with Crippen LogP contribution < -0.4 is 0 Å². The molecule has 4 heterocycles. The molecule has 0 aliphatic carbocycles. The van der Waals surface area contributed by atoms with E-state index in [0.29, 0.717) is 28.9 Å². The summed E-state index contributed by atoms with van der Waals surface area (Å²) in [6, 6.07) is 68.7. The van der Waals surface area contributed by atoms with Crippen LogP contribution in [0.5, 0.6) is 0 Å². The molecule has 0 saturated heterocycles. The van der Waals surface area contributed by atoms with E-state index in [1.165, 1.54) is 9.40 Å². The molecular weight excluding hydrogens is 779 g/mol. The molecule has 62 heavy (non-hydrogen) atoms. The van der Waals surface area contributed by atoms with Crippen LogP contribution in [0.25, 0.3) is 121 Å². The zero-order valence-electron chi connectivity index (χ0n) is 33.1. The number of hydrogen-bond acceptors (Lipinski definition) is 7. The summed E-state index contributed by atoms with van der Waals surface area (Å²) in [6.45, 7) is 0. The minimum Gasteiger partial charge on any atom is -0.452 e. The third kappa shape index (κ3) is 6.22. The minimum atomic E-state index is 0.642. The molecule has 0 atom stereocenters. The molecule has 8 aromatic carbocycles. The Morgan fingerprint density at radius 1 is 0.355 bits per heavy atom. The summed E-state index contributed by atoms with van der Waals surface area (Å²) in [7, 11) is 0. The van der Waals surface area contributed by atoms with Crippen LogP contribution >= 0.6 is 11.3 Å². The summed E-state index contributed by atoms with van der Waals surface area (Å²) < 4.78 is 8.87. The maximum Gasteiger partial charge on any atom is 0.180 e. The van der Waals surface area contributed by atoms with Gasteiger partial charge < -0.3 is 4.42 Å². The summed E-state index contributed by atoms with van der Waals surface area (Å²) >= 11 is 1.79. The molecule has 4 aromatic heterocycles. The summed E-state index contributed by atoms with van der Waals surface area (Å²) in [4.78, 5) is 25.5. The maximum atomic E-state index is 6.50. The number of thiophene rings is 1. The Balaban J connectivity index is 0.972. The molecule has 0 amide bonds. The summed E-state index contributed by atoms with van der Waals surface area (Å²) in [6.07, 6.45) is 0. The molecule has 7 heteroatoms. The smallest absolute Gasteiger partial charge is 0.180 e. The average Bonchev–Trinajstić information content (AvgIpc) is 3.93. The minimum absolute atomic E-state index is 0.642. The van der Waals surface area contributed by atoms with Gasteiger partial charge in [0.05, 0.1) is 0 Å². The number of nitrogens with zero attached hydrogens (tertiary/aromatic N) is 5. The van der Waals surface area contributed by atoms with E-state index < -0.39 is 0 Å². The van der Waals surface area contributed by atoms with Crippen LogP contribution in [0.4, 0.5) is 0 Å². The summed E-state index contributed by atoms with van der Waals surface area (Å²) in [5, 5.41) is 3.25. The molecule has 290 valence electrons. The normalized spacial score (nSPS) is 11.5.